The van der Waals surface area contributed by atoms with Crippen LogP contribution in [0.3, 0.4) is 0 Å². The van der Waals surface area contributed by atoms with Crippen molar-refractivity contribution in [3.05, 3.63) is 82.0 Å². The minimum Gasteiger partial charge on any atom is -0.497 e. The molecule has 0 atom stereocenters. The molecule has 0 saturated carbocycles. The molecule has 0 radical (unpaired) electrons. The van der Waals surface area contributed by atoms with Crippen molar-refractivity contribution in [1.29, 1.82) is 0 Å². The van der Waals surface area contributed by atoms with Crippen LogP contribution in [0, 0.1) is 0 Å². The van der Waals surface area contributed by atoms with E-state index < -0.39 is 0 Å². The second-order valence-electron chi connectivity index (χ2n) is 7.64. The Hall–Kier alpha value is -3.36. The molecule has 1 heterocycles. The normalized spacial score (nSPS) is 10.6. The average Bonchev–Trinajstić information content (AvgIpc) is 3.39. The van der Waals surface area contributed by atoms with E-state index in [1.54, 1.807) is 41.5 Å². The number of carbonyl (C=O) groups excluding carboxylic acids is 2. The van der Waals surface area contributed by atoms with Crippen LogP contribution in [-0.4, -0.2) is 62.6 Å². The third-order valence-electron chi connectivity index (χ3n) is 5.27. The van der Waals surface area contributed by atoms with Crippen LogP contribution >= 0.6 is 11.3 Å². The molecule has 3 rings (SSSR count). The van der Waals surface area contributed by atoms with E-state index in [0.29, 0.717) is 36.8 Å². The predicted octanol–water partition coefficient (Wildman–Crippen LogP) is 4.08. The lowest BCUT2D eigenvalue weighted by Crippen LogP contribution is -2.43. The maximum atomic E-state index is 13.5. The molecule has 0 aliphatic rings. The van der Waals surface area contributed by atoms with Gasteiger partial charge in [-0.05, 0) is 29.1 Å². The second-order valence-corrected chi connectivity index (χ2v) is 8.67. The Kier molecular flexibility index (Phi) is 9.49. The Morgan fingerprint density at radius 1 is 0.853 bits per heavy atom. The molecule has 3 aromatic rings. The van der Waals surface area contributed by atoms with Crippen LogP contribution in [0.5, 0.6) is 11.5 Å². The molecule has 0 spiro atoms. The summed E-state index contributed by atoms with van der Waals surface area (Å²) in [7, 11) is 4.63. The van der Waals surface area contributed by atoms with Crippen molar-refractivity contribution in [2.24, 2.45) is 0 Å². The highest BCUT2D eigenvalue weighted by Crippen LogP contribution is 2.24. The molecule has 8 heteroatoms. The molecule has 0 fully saturated rings. The molecule has 0 saturated heterocycles. The highest BCUT2D eigenvalue weighted by molar-refractivity contribution is 7.09. The zero-order valence-electron chi connectivity index (χ0n) is 19.7. The molecule has 2 aromatic carbocycles. The van der Waals surface area contributed by atoms with Crippen LogP contribution < -0.4 is 9.47 Å². The first-order chi connectivity index (χ1) is 16.5. The van der Waals surface area contributed by atoms with Crippen molar-refractivity contribution in [3.8, 4) is 11.5 Å². The molecule has 0 unspecified atom stereocenters. The lowest BCUT2D eigenvalue weighted by Gasteiger charge is -2.28. The van der Waals surface area contributed by atoms with Crippen molar-refractivity contribution in [2.75, 3.05) is 41.0 Å². The van der Waals surface area contributed by atoms with Gasteiger partial charge in [0.25, 0.3) is 5.91 Å². The fourth-order valence-corrected chi connectivity index (χ4v) is 4.18. The van der Waals surface area contributed by atoms with E-state index in [1.807, 2.05) is 47.8 Å². The molecule has 7 nitrogen and oxygen atoms in total. The molecule has 2 amide bonds. The van der Waals surface area contributed by atoms with Crippen LogP contribution in [0.25, 0.3) is 0 Å². The van der Waals surface area contributed by atoms with Gasteiger partial charge < -0.3 is 24.0 Å². The van der Waals surface area contributed by atoms with Gasteiger partial charge >= 0.3 is 0 Å². The summed E-state index contributed by atoms with van der Waals surface area (Å²) in [6.45, 7) is 1.45. The van der Waals surface area contributed by atoms with Crippen LogP contribution in [0.1, 0.15) is 20.8 Å². The Morgan fingerprint density at radius 2 is 1.56 bits per heavy atom. The average molecular weight is 483 g/mol. The molecular weight excluding hydrogens is 452 g/mol. The third kappa shape index (κ3) is 7.07. The van der Waals surface area contributed by atoms with E-state index in [0.717, 1.165) is 10.4 Å². The number of ether oxygens (including phenoxy) is 3. The van der Waals surface area contributed by atoms with Crippen LogP contribution in [0.2, 0.25) is 0 Å². The summed E-state index contributed by atoms with van der Waals surface area (Å²) in [6.07, 6.45) is 0. The summed E-state index contributed by atoms with van der Waals surface area (Å²) in [6, 6.07) is 18.8. The Bertz CT molecular complexity index is 1030. The Balaban J connectivity index is 1.83. The number of nitrogens with zero attached hydrogens (tertiary/aromatic N) is 2. The van der Waals surface area contributed by atoms with Crippen LogP contribution in [0.4, 0.5) is 0 Å². The van der Waals surface area contributed by atoms with Crippen LogP contribution in [0.15, 0.2) is 66.0 Å². The molecule has 180 valence electrons. The third-order valence-corrected chi connectivity index (χ3v) is 6.13. The maximum Gasteiger partial charge on any atom is 0.254 e. The first-order valence-electron chi connectivity index (χ1n) is 10.9. The first-order valence-corrected chi connectivity index (χ1v) is 11.8. The van der Waals surface area contributed by atoms with Gasteiger partial charge in [-0.15, -0.1) is 11.3 Å². The van der Waals surface area contributed by atoms with E-state index in [2.05, 4.69) is 0 Å². The summed E-state index contributed by atoms with van der Waals surface area (Å²) in [5.74, 6) is 0.572. The molecule has 0 N–H and O–H groups in total. The molecule has 0 aliphatic carbocycles. The van der Waals surface area contributed by atoms with Gasteiger partial charge in [-0.3, -0.25) is 9.59 Å². The zero-order valence-corrected chi connectivity index (χ0v) is 20.5. The molecule has 34 heavy (non-hydrogen) atoms. The summed E-state index contributed by atoms with van der Waals surface area (Å²) in [4.78, 5) is 31.3. The largest absolute Gasteiger partial charge is 0.497 e. The molecular formula is C26H30N2O5S. The summed E-state index contributed by atoms with van der Waals surface area (Å²) in [5.41, 5.74) is 1.41. The number of thiophene rings is 1. The fourth-order valence-electron chi connectivity index (χ4n) is 3.46. The summed E-state index contributed by atoms with van der Waals surface area (Å²) in [5, 5.41) is 1.99. The van der Waals surface area contributed by atoms with Crippen molar-refractivity contribution in [3.63, 3.8) is 0 Å². The van der Waals surface area contributed by atoms with Gasteiger partial charge in [0.2, 0.25) is 5.91 Å². The van der Waals surface area contributed by atoms with Crippen molar-refractivity contribution < 1.29 is 23.8 Å². The quantitative estimate of drug-likeness (QED) is 0.389. The molecule has 0 bridgehead atoms. The Labute approximate surface area is 204 Å². The van der Waals surface area contributed by atoms with Crippen LogP contribution in [-0.2, 0) is 22.6 Å². The minimum atomic E-state index is -0.293. The zero-order chi connectivity index (χ0) is 24.3. The van der Waals surface area contributed by atoms with Gasteiger partial charge in [-0.1, -0.05) is 36.4 Å². The monoisotopic (exact) mass is 482 g/mol. The van der Waals surface area contributed by atoms with E-state index in [4.69, 9.17) is 14.2 Å². The number of benzene rings is 2. The number of hydrogen-bond donors (Lipinski definition) is 0. The SMILES string of the molecule is COCCN(CC(=O)N(Cc1ccccc1)Cc1cccs1)C(=O)c1cc(OC)cc(OC)c1. The number of rotatable bonds is 12. The predicted molar refractivity (Wildman–Crippen MR) is 132 cm³/mol. The van der Waals surface area contributed by atoms with E-state index in [1.165, 1.54) is 19.1 Å². The van der Waals surface area contributed by atoms with Crippen molar-refractivity contribution in [2.45, 2.75) is 13.1 Å². The minimum absolute atomic E-state index is 0.0695. The van der Waals surface area contributed by atoms with Crippen molar-refractivity contribution in [1.82, 2.24) is 9.80 Å². The van der Waals surface area contributed by atoms with E-state index in [9.17, 15) is 9.59 Å². The van der Waals surface area contributed by atoms with E-state index in [-0.39, 0.29) is 24.9 Å². The van der Waals surface area contributed by atoms with Gasteiger partial charge in [0, 0.05) is 36.7 Å². The number of methoxy groups -OCH3 is 3. The maximum absolute atomic E-state index is 13.5. The number of carbonyl (C=O) groups is 2. The van der Waals surface area contributed by atoms with Gasteiger partial charge in [0.05, 0.1) is 27.4 Å². The smallest absolute Gasteiger partial charge is 0.254 e. The standard InChI is InChI=1S/C26H30N2O5S/c1-31-12-11-27(26(30)21-14-22(32-2)16-23(15-21)33-3)19-25(29)28(18-24-10-7-13-34-24)17-20-8-5-4-6-9-20/h4-10,13-16H,11-12,17-19H2,1-3H3. The molecule has 0 aliphatic heterocycles. The topological polar surface area (TPSA) is 68.3 Å². The first kappa shape index (κ1) is 25.3. The highest BCUT2D eigenvalue weighted by Gasteiger charge is 2.24. The van der Waals surface area contributed by atoms with Gasteiger partial charge in [0.15, 0.2) is 0 Å². The fraction of sp³-hybridized carbons (Fsp3) is 0.308. The van der Waals surface area contributed by atoms with Gasteiger partial charge in [-0.2, -0.15) is 0 Å². The lowest BCUT2D eigenvalue weighted by molar-refractivity contribution is -0.133. The van der Waals surface area contributed by atoms with Crippen molar-refractivity contribution >= 4 is 23.2 Å². The second kappa shape index (κ2) is 12.8. The van der Waals surface area contributed by atoms with E-state index >= 15 is 0 Å². The summed E-state index contributed by atoms with van der Waals surface area (Å²) >= 11 is 1.60. The van der Waals surface area contributed by atoms with Gasteiger partial charge in [0.1, 0.15) is 18.0 Å². The highest BCUT2D eigenvalue weighted by atomic mass is 32.1. The number of amides is 2. The molecule has 1 aromatic heterocycles. The summed E-state index contributed by atoms with van der Waals surface area (Å²) < 4.78 is 15.8. The lowest BCUT2D eigenvalue weighted by atomic mass is 10.1. The van der Waals surface area contributed by atoms with Gasteiger partial charge in [-0.25, -0.2) is 0 Å². The Morgan fingerprint density at radius 3 is 2.15 bits per heavy atom. The number of hydrogen-bond acceptors (Lipinski definition) is 6.